The van der Waals surface area contributed by atoms with Crippen molar-refractivity contribution < 1.29 is 9.90 Å². The monoisotopic (exact) mass is 348 g/mol. The first-order valence-electron chi connectivity index (χ1n) is 10.5. The van der Waals surface area contributed by atoms with Crippen LogP contribution in [0.4, 0.5) is 0 Å². The van der Waals surface area contributed by atoms with Gasteiger partial charge in [0.1, 0.15) is 0 Å². The number of nitrogens with zero attached hydrogens (tertiary/aromatic N) is 1. The van der Waals surface area contributed by atoms with Crippen molar-refractivity contribution >= 4 is 5.91 Å². The minimum absolute atomic E-state index is 0.0766. The number of hydrogen-bond acceptors (Lipinski definition) is 3. The molecule has 5 aliphatic rings. The van der Waals surface area contributed by atoms with Crippen LogP contribution in [0, 0.1) is 28.1 Å². The first-order chi connectivity index (χ1) is 11.8. The van der Waals surface area contributed by atoms with Crippen molar-refractivity contribution in [1.29, 1.82) is 0 Å². The average molecular weight is 349 g/mol. The third-order valence-electron chi connectivity index (χ3n) is 7.79. The zero-order valence-corrected chi connectivity index (χ0v) is 16.1. The summed E-state index contributed by atoms with van der Waals surface area (Å²) in [6.45, 7) is 9.05. The maximum absolute atomic E-state index is 13.2. The van der Waals surface area contributed by atoms with Gasteiger partial charge in [-0.1, -0.05) is 13.8 Å². The molecule has 4 nitrogen and oxygen atoms in total. The molecule has 2 atom stereocenters. The number of piperidine rings is 1. The van der Waals surface area contributed by atoms with Crippen LogP contribution in [0.3, 0.4) is 0 Å². The fourth-order valence-corrected chi connectivity index (χ4v) is 7.61. The topological polar surface area (TPSA) is 52.6 Å². The highest BCUT2D eigenvalue weighted by molar-refractivity contribution is 5.83. The van der Waals surface area contributed by atoms with Crippen LogP contribution >= 0.6 is 0 Å². The molecular formula is C21H36N2O2. The molecule has 5 rings (SSSR count). The van der Waals surface area contributed by atoms with Crippen LogP contribution in [-0.4, -0.2) is 48.7 Å². The number of rotatable bonds is 5. The van der Waals surface area contributed by atoms with Crippen molar-refractivity contribution in [3.05, 3.63) is 0 Å². The van der Waals surface area contributed by atoms with Gasteiger partial charge in [0.05, 0.1) is 5.41 Å². The molecule has 1 saturated heterocycles. The number of carbonyl (C=O) groups excluding carboxylic acids is 1. The van der Waals surface area contributed by atoms with Crippen LogP contribution in [0.5, 0.6) is 0 Å². The molecule has 0 spiro atoms. The molecule has 142 valence electrons. The van der Waals surface area contributed by atoms with Crippen molar-refractivity contribution in [2.45, 2.75) is 65.2 Å². The summed E-state index contributed by atoms with van der Waals surface area (Å²) in [5.74, 6) is 1.60. The molecule has 1 heterocycles. The Balaban J connectivity index is 1.31. The maximum atomic E-state index is 13.2. The Morgan fingerprint density at radius 2 is 1.72 bits per heavy atom. The maximum Gasteiger partial charge on any atom is 0.226 e. The van der Waals surface area contributed by atoms with Crippen molar-refractivity contribution in [3.63, 3.8) is 0 Å². The van der Waals surface area contributed by atoms with E-state index in [-0.39, 0.29) is 5.41 Å². The van der Waals surface area contributed by atoms with Crippen LogP contribution in [0.25, 0.3) is 0 Å². The number of carbonyl (C=O) groups is 1. The predicted octanol–water partition coefficient (Wildman–Crippen LogP) is 2.80. The summed E-state index contributed by atoms with van der Waals surface area (Å²) in [6, 6.07) is 0. The SMILES string of the molecule is C[C@]12CC3CC(C(=O)NCCN4CCC(CO)CC4)(C1)C[C@](C)(C3)C2. The van der Waals surface area contributed by atoms with Crippen molar-refractivity contribution in [3.8, 4) is 0 Å². The number of likely N-dealkylation sites (tertiary alicyclic amines) is 1. The van der Waals surface area contributed by atoms with Crippen LogP contribution in [0.1, 0.15) is 65.2 Å². The summed E-state index contributed by atoms with van der Waals surface area (Å²) in [5, 5.41) is 12.6. The lowest BCUT2D eigenvalue weighted by atomic mass is 9.40. The lowest BCUT2D eigenvalue weighted by Crippen LogP contribution is -2.60. The standard InChI is InChI=1S/C21H36N2O2/c1-19-9-17-10-20(2,13-19)15-21(11-17,14-19)18(25)22-5-8-23-6-3-16(12-24)4-7-23/h16-17,24H,3-15H2,1-2H3,(H,22,25)/t17?,19-,20-,21?/m1/s1. The van der Waals surface area contributed by atoms with Crippen LogP contribution < -0.4 is 5.32 Å². The van der Waals surface area contributed by atoms with Gasteiger partial charge in [0, 0.05) is 19.7 Å². The Morgan fingerprint density at radius 3 is 2.28 bits per heavy atom. The van der Waals surface area contributed by atoms with Crippen molar-refractivity contribution in [2.75, 3.05) is 32.8 Å². The van der Waals surface area contributed by atoms with Crippen molar-refractivity contribution in [2.24, 2.45) is 28.1 Å². The summed E-state index contributed by atoms with van der Waals surface area (Å²) < 4.78 is 0. The highest BCUT2D eigenvalue weighted by atomic mass is 16.3. The van der Waals surface area contributed by atoms with Gasteiger partial charge >= 0.3 is 0 Å². The van der Waals surface area contributed by atoms with E-state index >= 15 is 0 Å². The Kier molecular flexibility index (Phi) is 4.43. The van der Waals surface area contributed by atoms with E-state index in [1.54, 1.807) is 0 Å². The minimum atomic E-state index is -0.0766. The quantitative estimate of drug-likeness (QED) is 0.803. The average Bonchev–Trinajstić information content (AvgIpc) is 2.52. The number of nitrogens with one attached hydrogen (secondary N) is 1. The summed E-state index contributed by atoms with van der Waals surface area (Å²) in [6.07, 6.45) is 9.55. The highest BCUT2D eigenvalue weighted by Crippen LogP contribution is 2.69. The van der Waals surface area contributed by atoms with Crippen LogP contribution in [0.2, 0.25) is 0 Å². The zero-order valence-electron chi connectivity index (χ0n) is 16.1. The van der Waals surface area contributed by atoms with E-state index in [9.17, 15) is 9.90 Å². The molecule has 0 unspecified atom stereocenters. The summed E-state index contributed by atoms with van der Waals surface area (Å²) >= 11 is 0. The number of amides is 1. The molecule has 4 heteroatoms. The van der Waals surface area contributed by atoms with Gasteiger partial charge in [-0.05, 0) is 87.1 Å². The lowest BCUT2D eigenvalue weighted by molar-refractivity contribution is -0.170. The van der Waals surface area contributed by atoms with Gasteiger partial charge in [-0.15, -0.1) is 0 Å². The van der Waals surface area contributed by atoms with Gasteiger partial charge in [0.25, 0.3) is 0 Å². The summed E-state index contributed by atoms with van der Waals surface area (Å²) in [7, 11) is 0. The fraction of sp³-hybridized carbons (Fsp3) is 0.952. The second-order valence-corrected chi connectivity index (χ2v) is 10.6. The van der Waals surface area contributed by atoms with Gasteiger partial charge < -0.3 is 15.3 Å². The molecule has 0 aromatic heterocycles. The van der Waals surface area contributed by atoms with Gasteiger partial charge in [0.15, 0.2) is 0 Å². The lowest BCUT2D eigenvalue weighted by Gasteiger charge is -2.64. The van der Waals surface area contributed by atoms with Gasteiger partial charge in [0.2, 0.25) is 5.91 Å². The largest absolute Gasteiger partial charge is 0.396 e. The Labute approximate surface area is 152 Å². The minimum Gasteiger partial charge on any atom is -0.396 e. The summed E-state index contributed by atoms with van der Waals surface area (Å²) in [4.78, 5) is 15.6. The van der Waals surface area contributed by atoms with Crippen LogP contribution in [0.15, 0.2) is 0 Å². The molecule has 0 aromatic rings. The van der Waals surface area contributed by atoms with Gasteiger partial charge in [-0.3, -0.25) is 4.79 Å². The van der Waals surface area contributed by atoms with E-state index in [0.29, 0.717) is 29.3 Å². The van der Waals surface area contributed by atoms with Gasteiger partial charge in [-0.25, -0.2) is 0 Å². The molecule has 4 saturated carbocycles. The van der Waals surface area contributed by atoms with E-state index in [4.69, 9.17) is 0 Å². The van der Waals surface area contributed by atoms with E-state index < -0.39 is 0 Å². The Bertz CT molecular complexity index is 508. The smallest absolute Gasteiger partial charge is 0.226 e. The molecule has 5 fully saturated rings. The molecule has 2 N–H and O–H groups in total. The van der Waals surface area contributed by atoms with E-state index in [1.165, 1.54) is 19.3 Å². The molecule has 25 heavy (non-hydrogen) atoms. The molecular weight excluding hydrogens is 312 g/mol. The first kappa shape index (κ1) is 17.8. The highest BCUT2D eigenvalue weighted by Gasteiger charge is 2.62. The Morgan fingerprint density at radius 1 is 1.08 bits per heavy atom. The third kappa shape index (κ3) is 3.37. The van der Waals surface area contributed by atoms with E-state index in [1.807, 2.05) is 0 Å². The zero-order chi connectivity index (χ0) is 17.7. The van der Waals surface area contributed by atoms with E-state index in [0.717, 1.165) is 64.2 Å². The molecule has 4 aliphatic carbocycles. The second-order valence-electron chi connectivity index (χ2n) is 10.6. The van der Waals surface area contributed by atoms with Gasteiger partial charge in [-0.2, -0.15) is 0 Å². The van der Waals surface area contributed by atoms with E-state index in [2.05, 4.69) is 24.1 Å². The molecule has 1 amide bonds. The molecule has 4 bridgehead atoms. The second kappa shape index (κ2) is 6.23. The molecule has 0 aromatic carbocycles. The number of hydrogen-bond donors (Lipinski definition) is 2. The molecule has 1 aliphatic heterocycles. The molecule has 0 radical (unpaired) electrons. The van der Waals surface area contributed by atoms with Crippen LogP contribution in [-0.2, 0) is 4.79 Å². The Hall–Kier alpha value is -0.610. The predicted molar refractivity (Wildman–Crippen MR) is 99.1 cm³/mol. The number of aliphatic hydroxyl groups is 1. The normalized spacial score (nSPS) is 44.2. The summed E-state index contributed by atoms with van der Waals surface area (Å²) in [5.41, 5.74) is 0.724. The fourth-order valence-electron chi connectivity index (χ4n) is 7.61. The first-order valence-corrected chi connectivity index (χ1v) is 10.5. The third-order valence-corrected chi connectivity index (χ3v) is 7.79. The number of aliphatic hydroxyl groups excluding tert-OH is 1. The van der Waals surface area contributed by atoms with Crippen molar-refractivity contribution in [1.82, 2.24) is 10.2 Å².